The van der Waals surface area contributed by atoms with Gasteiger partial charge in [-0.25, -0.2) is 8.78 Å². The van der Waals surface area contributed by atoms with E-state index < -0.39 is 17.7 Å². The largest absolute Gasteiger partial charge is 0.387 e. The van der Waals surface area contributed by atoms with Crippen LogP contribution < -0.4 is 5.32 Å². The highest BCUT2D eigenvalue weighted by Gasteiger charge is 2.27. The molecule has 1 amide bonds. The Kier molecular flexibility index (Phi) is 5.63. The Labute approximate surface area is 149 Å². The number of β-amino-alcohol motifs (C(OH)–C–C–N with tert-alkyl or cyclic N) is 1. The normalized spacial score (nSPS) is 17.2. The van der Waals surface area contributed by atoms with Crippen LogP contribution in [0.15, 0.2) is 28.8 Å². The first kappa shape index (κ1) is 18.5. The van der Waals surface area contributed by atoms with Crippen LogP contribution >= 0.6 is 0 Å². The summed E-state index contributed by atoms with van der Waals surface area (Å²) in [6.45, 7) is 3.11. The van der Waals surface area contributed by atoms with Gasteiger partial charge in [0.1, 0.15) is 17.4 Å². The van der Waals surface area contributed by atoms with Crippen LogP contribution in [0, 0.1) is 24.5 Å². The molecule has 1 aromatic heterocycles. The summed E-state index contributed by atoms with van der Waals surface area (Å²) in [5, 5.41) is 16.7. The molecule has 2 heterocycles. The number of aromatic nitrogens is 1. The summed E-state index contributed by atoms with van der Waals surface area (Å²) in [6.07, 6.45) is 0.108. The third kappa shape index (κ3) is 4.44. The lowest BCUT2D eigenvalue weighted by molar-refractivity contribution is -0.121. The third-order valence-electron chi connectivity index (χ3n) is 4.59. The molecule has 0 aliphatic carbocycles. The predicted molar refractivity (Wildman–Crippen MR) is 90.4 cm³/mol. The van der Waals surface area contributed by atoms with Gasteiger partial charge in [-0.05, 0) is 51.1 Å². The Morgan fingerprint density at radius 2 is 2.12 bits per heavy atom. The number of likely N-dealkylation sites (tertiary alicyclic amines) is 1. The van der Waals surface area contributed by atoms with E-state index in [0.717, 1.165) is 18.2 Å². The van der Waals surface area contributed by atoms with E-state index in [1.165, 1.54) is 0 Å². The van der Waals surface area contributed by atoms with Gasteiger partial charge in [0.05, 0.1) is 6.10 Å². The summed E-state index contributed by atoms with van der Waals surface area (Å²) >= 11 is 0. The molecule has 0 radical (unpaired) electrons. The van der Waals surface area contributed by atoms with Gasteiger partial charge in [0.15, 0.2) is 5.82 Å². The highest BCUT2D eigenvalue weighted by atomic mass is 19.1. The van der Waals surface area contributed by atoms with Gasteiger partial charge in [-0.3, -0.25) is 4.79 Å². The molecule has 2 aromatic rings. The summed E-state index contributed by atoms with van der Waals surface area (Å²) in [5.74, 6) is -0.475. The summed E-state index contributed by atoms with van der Waals surface area (Å²) < 4.78 is 31.9. The van der Waals surface area contributed by atoms with E-state index in [-0.39, 0.29) is 23.9 Å². The SMILES string of the molecule is Cc1cc(NC(=O)C2CCN(CC(O)c3cc(F)ccc3F)CC2)no1. The smallest absolute Gasteiger partial charge is 0.228 e. The number of halogens is 2. The number of hydrogen-bond acceptors (Lipinski definition) is 5. The summed E-state index contributed by atoms with van der Waals surface area (Å²) in [6, 6.07) is 4.69. The number of benzene rings is 1. The molecule has 3 rings (SSSR count). The Morgan fingerprint density at radius 1 is 1.38 bits per heavy atom. The van der Waals surface area contributed by atoms with Gasteiger partial charge in [-0.15, -0.1) is 0 Å². The number of anilines is 1. The van der Waals surface area contributed by atoms with Crippen molar-refractivity contribution in [3.05, 3.63) is 47.2 Å². The third-order valence-corrected chi connectivity index (χ3v) is 4.59. The van der Waals surface area contributed by atoms with Crippen LogP contribution in [0.3, 0.4) is 0 Å². The van der Waals surface area contributed by atoms with Gasteiger partial charge in [-0.2, -0.15) is 0 Å². The highest BCUT2D eigenvalue weighted by molar-refractivity contribution is 5.91. The van der Waals surface area contributed by atoms with Gasteiger partial charge >= 0.3 is 0 Å². The molecule has 1 aliphatic rings. The van der Waals surface area contributed by atoms with Gasteiger partial charge in [-0.1, -0.05) is 5.16 Å². The zero-order chi connectivity index (χ0) is 18.7. The van der Waals surface area contributed by atoms with Crippen molar-refractivity contribution in [3.63, 3.8) is 0 Å². The van der Waals surface area contributed by atoms with Crippen LogP contribution in [0.2, 0.25) is 0 Å². The summed E-state index contributed by atoms with van der Waals surface area (Å²) in [5.41, 5.74) is -0.0498. The average Bonchev–Trinajstić information content (AvgIpc) is 3.02. The fourth-order valence-electron chi connectivity index (χ4n) is 3.14. The van der Waals surface area contributed by atoms with E-state index in [9.17, 15) is 18.7 Å². The fraction of sp³-hybridized carbons (Fsp3) is 0.444. The maximum absolute atomic E-state index is 13.7. The van der Waals surface area contributed by atoms with Crippen LogP contribution in [0.5, 0.6) is 0 Å². The number of nitrogens with zero attached hydrogens (tertiary/aromatic N) is 2. The second kappa shape index (κ2) is 7.92. The van der Waals surface area contributed by atoms with Crippen LogP contribution in [-0.4, -0.2) is 40.7 Å². The van der Waals surface area contributed by atoms with Crippen molar-refractivity contribution in [1.29, 1.82) is 0 Å². The monoisotopic (exact) mass is 365 g/mol. The average molecular weight is 365 g/mol. The maximum Gasteiger partial charge on any atom is 0.228 e. The van der Waals surface area contributed by atoms with Gasteiger partial charge < -0.3 is 19.8 Å². The van der Waals surface area contributed by atoms with Crippen LogP contribution in [0.25, 0.3) is 0 Å². The van der Waals surface area contributed by atoms with E-state index >= 15 is 0 Å². The molecule has 1 aliphatic heterocycles. The van der Waals surface area contributed by atoms with Crippen molar-refractivity contribution in [2.75, 3.05) is 25.0 Å². The number of hydrogen-bond donors (Lipinski definition) is 2. The minimum absolute atomic E-state index is 0.0498. The molecule has 1 saturated heterocycles. The molecule has 0 saturated carbocycles. The molecule has 8 heteroatoms. The number of aryl methyl sites for hydroxylation is 1. The lowest BCUT2D eigenvalue weighted by atomic mass is 9.95. The number of piperidine rings is 1. The number of aliphatic hydroxyl groups excluding tert-OH is 1. The minimum atomic E-state index is -1.12. The number of rotatable bonds is 5. The Hall–Kier alpha value is -2.32. The molecule has 1 unspecified atom stereocenters. The molecule has 140 valence electrons. The van der Waals surface area contributed by atoms with Crippen molar-refractivity contribution in [2.24, 2.45) is 5.92 Å². The van der Waals surface area contributed by atoms with E-state index in [1.54, 1.807) is 13.0 Å². The summed E-state index contributed by atoms with van der Waals surface area (Å²) in [4.78, 5) is 14.2. The standard InChI is InChI=1S/C18H21F2N3O3/c1-11-8-17(22-26-11)21-18(25)12-4-6-23(7-5-12)10-16(24)14-9-13(19)2-3-15(14)20/h2-3,8-9,12,16,24H,4-7,10H2,1H3,(H,21,22,25). The van der Waals surface area contributed by atoms with Crippen molar-refractivity contribution in [3.8, 4) is 0 Å². The zero-order valence-electron chi connectivity index (χ0n) is 14.4. The fourth-order valence-corrected chi connectivity index (χ4v) is 3.14. The maximum atomic E-state index is 13.7. The summed E-state index contributed by atoms with van der Waals surface area (Å²) in [7, 11) is 0. The molecular weight excluding hydrogens is 344 g/mol. The van der Waals surface area contributed by atoms with E-state index in [1.807, 2.05) is 4.90 Å². The van der Waals surface area contributed by atoms with Crippen LogP contribution in [-0.2, 0) is 4.79 Å². The first-order valence-electron chi connectivity index (χ1n) is 8.52. The molecule has 0 bridgehead atoms. The van der Waals surface area contributed by atoms with Crippen LogP contribution in [0.4, 0.5) is 14.6 Å². The first-order valence-corrected chi connectivity index (χ1v) is 8.52. The lowest BCUT2D eigenvalue weighted by Gasteiger charge is -2.32. The molecule has 26 heavy (non-hydrogen) atoms. The van der Waals surface area contributed by atoms with Crippen LogP contribution in [0.1, 0.15) is 30.3 Å². The van der Waals surface area contributed by atoms with E-state index in [0.29, 0.717) is 37.5 Å². The first-order chi connectivity index (χ1) is 12.4. The molecule has 1 atom stereocenters. The molecule has 2 N–H and O–H groups in total. The van der Waals surface area contributed by atoms with Crippen molar-refractivity contribution >= 4 is 11.7 Å². The number of aliphatic hydroxyl groups is 1. The quantitative estimate of drug-likeness (QED) is 0.852. The van der Waals surface area contributed by atoms with Gasteiger partial charge in [0.25, 0.3) is 0 Å². The number of carbonyl (C=O) groups is 1. The highest BCUT2D eigenvalue weighted by Crippen LogP contribution is 2.24. The lowest BCUT2D eigenvalue weighted by Crippen LogP contribution is -2.40. The van der Waals surface area contributed by atoms with Gasteiger partial charge in [0.2, 0.25) is 5.91 Å². The Morgan fingerprint density at radius 3 is 2.77 bits per heavy atom. The minimum Gasteiger partial charge on any atom is -0.387 e. The second-order valence-electron chi connectivity index (χ2n) is 6.57. The number of nitrogens with one attached hydrogen (secondary N) is 1. The van der Waals surface area contributed by atoms with E-state index in [4.69, 9.17) is 4.52 Å². The Bertz CT molecular complexity index is 773. The number of amides is 1. The number of carbonyl (C=O) groups excluding carboxylic acids is 1. The molecule has 1 fully saturated rings. The Balaban J connectivity index is 1.50. The predicted octanol–water partition coefficient (Wildman–Crippen LogP) is 2.65. The van der Waals surface area contributed by atoms with Crippen molar-refractivity contribution in [1.82, 2.24) is 10.1 Å². The van der Waals surface area contributed by atoms with E-state index in [2.05, 4.69) is 10.5 Å². The molecular formula is C18H21F2N3O3. The zero-order valence-corrected chi connectivity index (χ0v) is 14.4. The molecule has 0 spiro atoms. The van der Waals surface area contributed by atoms with Crippen molar-refractivity contribution in [2.45, 2.75) is 25.9 Å². The molecule has 1 aromatic carbocycles. The van der Waals surface area contributed by atoms with Gasteiger partial charge in [0, 0.05) is 24.1 Å². The van der Waals surface area contributed by atoms with Crippen molar-refractivity contribution < 1.29 is 23.2 Å². The topological polar surface area (TPSA) is 78.6 Å². The molecule has 6 nitrogen and oxygen atoms in total. The second-order valence-corrected chi connectivity index (χ2v) is 6.57.